The molecule has 0 bridgehead atoms. The highest BCUT2D eigenvalue weighted by Crippen LogP contribution is 2.33. The van der Waals surface area contributed by atoms with Crippen LogP contribution in [0.2, 0.25) is 0 Å². The molecule has 1 aliphatic heterocycles. The zero-order valence-electron chi connectivity index (χ0n) is 15.8. The summed E-state index contributed by atoms with van der Waals surface area (Å²) < 4.78 is 3.09. The molecule has 0 atom stereocenters. The number of piperidine rings is 1. The molecule has 1 N–H and O–H groups in total. The van der Waals surface area contributed by atoms with E-state index in [9.17, 15) is 4.79 Å². The SMILES string of the molecule is CC(C)n1nccc1NC(=O)CN1CCC(c2nc3ccccc3s2)CC1. The summed E-state index contributed by atoms with van der Waals surface area (Å²) in [5.74, 6) is 1.29. The van der Waals surface area contributed by atoms with Crippen LogP contribution in [0.25, 0.3) is 10.2 Å². The molecule has 6 nitrogen and oxygen atoms in total. The Kier molecular flexibility index (Phi) is 5.22. The van der Waals surface area contributed by atoms with Crippen molar-refractivity contribution in [2.75, 3.05) is 25.0 Å². The molecule has 4 rings (SSSR count). The third-order valence-electron chi connectivity index (χ3n) is 5.04. The fraction of sp³-hybridized carbons (Fsp3) is 0.450. The monoisotopic (exact) mass is 383 g/mol. The number of nitrogens with zero attached hydrogens (tertiary/aromatic N) is 4. The minimum absolute atomic E-state index is 0.0239. The predicted octanol–water partition coefficient (Wildman–Crippen LogP) is 3.89. The maximum atomic E-state index is 12.4. The lowest BCUT2D eigenvalue weighted by molar-refractivity contribution is -0.117. The van der Waals surface area contributed by atoms with Crippen LogP contribution >= 0.6 is 11.3 Å². The van der Waals surface area contributed by atoms with E-state index in [-0.39, 0.29) is 11.9 Å². The number of thiazole rings is 1. The quantitative estimate of drug-likeness (QED) is 0.726. The third kappa shape index (κ3) is 4.04. The van der Waals surface area contributed by atoms with E-state index in [1.165, 1.54) is 9.71 Å². The summed E-state index contributed by atoms with van der Waals surface area (Å²) >= 11 is 1.81. The minimum atomic E-state index is 0.0239. The second-order valence-electron chi connectivity index (χ2n) is 7.37. The fourth-order valence-electron chi connectivity index (χ4n) is 3.61. The summed E-state index contributed by atoms with van der Waals surface area (Å²) in [6.07, 6.45) is 3.83. The molecular formula is C20H25N5OS. The minimum Gasteiger partial charge on any atom is -0.310 e. The summed E-state index contributed by atoms with van der Waals surface area (Å²) in [5.41, 5.74) is 1.10. The van der Waals surface area contributed by atoms with Crippen molar-refractivity contribution in [1.82, 2.24) is 19.7 Å². The van der Waals surface area contributed by atoms with E-state index in [0.717, 1.165) is 37.3 Å². The van der Waals surface area contributed by atoms with Gasteiger partial charge in [-0.2, -0.15) is 5.10 Å². The molecule has 0 spiro atoms. The van der Waals surface area contributed by atoms with Gasteiger partial charge in [-0.3, -0.25) is 9.69 Å². The molecule has 3 heterocycles. The summed E-state index contributed by atoms with van der Waals surface area (Å²) in [5, 5.41) is 8.49. The van der Waals surface area contributed by atoms with Gasteiger partial charge in [0.25, 0.3) is 0 Å². The van der Waals surface area contributed by atoms with E-state index in [2.05, 4.69) is 47.4 Å². The van der Waals surface area contributed by atoms with E-state index in [0.29, 0.717) is 12.5 Å². The molecule has 7 heteroatoms. The highest BCUT2D eigenvalue weighted by Gasteiger charge is 2.24. The molecular weight excluding hydrogens is 358 g/mol. The number of fused-ring (bicyclic) bond motifs is 1. The van der Waals surface area contributed by atoms with Gasteiger partial charge in [0.15, 0.2) is 0 Å². The first kappa shape index (κ1) is 18.1. The molecule has 27 heavy (non-hydrogen) atoms. The summed E-state index contributed by atoms with van der Waals surface area (Å²) in [6, 6.07) is 10.4. The van der Waals surface area contributed by atoms with Gasteiger partial charge in [-0.25, -0.2) is 9.67 Å². The third-order valence-corrected chi connectivity index (χ3v) is 6.24. The highest BCUT2D eigenvalue weighted by molar-refractivity contribution is 7.18. The van der Waals surface area contributed by atoms with Crippen LogP contribution in [0.1, 0.15) is 43.7 Å². The van der Waals surface area contributed by atoms with Crippen molar-refractivity contribution in [2.45, 2.75) is 38.6 Å². The fourth-order valence-corrected chi connectivity index (χ4v) is 4.75. The van der Waals surface area contributed by atoms with Crippen molar-refractivity contribution < 1.29 is 4.79 Å². The number of hydrogen-bond acceptors (Lipinski definition) is 5. The van der Waals surface area contributed by atoms with Crippen molar-refractivity contribution in [3.8, 4) is 0 Å². The first-order chi connectivity index (χ1) is 13.1. The Hall–Kier alpha value is -2.25. The number of benzene rings is 1. The first-order valence-corrected chi connectivity index (χ1v) is 10.3. The van der Waals surface area contributed by atoms with Crippen LogP contribution < -0.4 is 5.32 Å². The second kappa shape index (κ2) is 7.78. The van der Waals surface area contributed by atoms with Crippen LogP contribution in [0.3, 0.4) is 0 Å². The smallest absolute Gasteiger partial charge is 0.239 e. The van der Waals surface area contributed by atoms with Crippen LogP contribution in [0.4, 0.5) is 5.82 Å². The highest BCUT2D eigenvalue weighted by atomic mass is 32.1. The molecule has 0 radical (unpaired) electrons. The number of carbonyl (C=O) groups excluding carboxylic acids is 1. The number of carbonyl (C=O) groups is 1. The lowest BCUT2D eigenvalue weighted by Crippen LogP contribution is -2.39. The number of aromatic nitrogens is 3. The van der Waals surface area contributed by atoms with E-state index in [1.807, 2.05) is 28.2 Å². The number of para-hydroxylation sites is 1. The Morgan fingerprint density at radius 3 is 2.78 bits per heavy atom. The van der Waals surface area contributed by atoms with Crippen LogP contribution in [-0.2, 0) is 4.79 Å². The van der Waals surface area contributed by atoms with Gasteiger partial charge in [0, 0.05) is 18.0 Å². The molecule has 1 aromatic carbocycles. The number of hydrogen-bond donors (Lipinski definition) is 1. The summed E-state index contributed by atoms with van der Waals surface area (Å²) in [6.45, 7) is 6.38. The topological polar surface area (TPSA) is 63.1 Å². The van der Waals surface area contributed by atoms with Gasteiger partial charge in [0.2, 0.25) is 5.91 Å². The number of nitrogens with one attached hydrogen (secondary N) is 1. The number of rotatable bonds is 5. The number of amides is 1. The largest absolute Gasteiger partial charge is 0.310 e. The van der Waals surface area contributed by atoms with Crippen LogP contribution in [-0.4, -0.2) is 45.2 Å². The van der Waals surface area contributed by atoms with E-state index in [4.69, 9.17) is 4.98 Å². The lowest BCUT2D eigenvalue weighted by Gasteiger charge is -2.30. The van der Waals surface area contributed by atoms with Crippen molar-refractivity contribution in [3.63, 3.8) is 0 Å². The Morgan fingerprint density at radius 2 is 2.04 bits per heavy atom. The molecule has 1 fully saturated rings. The van der Waals surface area contributed by atoms with E-state index >= 15 is 0 Å². The molecule has 1 saturated heterocycles. The van der Waals surface area contributed by atoms with Crippen molar-refractivity contribution >= 4 is 33.3 Å². The number of anilines is 1. The Bertz CT molecular complexity index is 890. The summed E-state index contributed by atoms with van der Waals surface area (Å²) in [7, 11) is 0. The number of likely N-dealkylation sites (tertiary alicyclic amines) is 1. The average molecular weight is 384 g/mol. The summed E-state index contributed by atoms with van der Waals surface area (Å²) in [4.78, 5) is 19.5. The van der Waals surface area contributed by atoms with Crippen LogP contribution in [0.15, 0.2) is 36.5 Å². The molecule has 1 aliphatic rings. The van der Waals surface area contributed by atoms with Gasteiger partial charge in [0.1, 0.15) is 5.82 Å². The van der Waals surface area contributed by atoms with Gasteiger partial charge < -0.3 is 5.32 Å². The average Bonchev–Trinajstić information content (AvgIpc) is 3.28. The Morgan fingerprint density at radius 1 is 1.26 bits per heavy atom. The molecule has 2 aromatic heterocycles. The Labute approximate surface area is 163 Å². The zero-order valence-corrected chi connectivity index (χ0v) is 16.6. The van der Waals surface area contributed by atoms with E-state index < -0.39 is 0 Å². The molecule has 0 saturated carbocycles. The maximum Gasteiger partial charge on any atom is 0.239 e. The first-order valence-electron chi connectivity index (χ1n) is 9.51. The molecule has 0 aliphatic carbocycles. The van der Waals surface area contributed by atoms with Crippen molar-refractivity contribution in [1.29, 1.82) is 0 Å². The molecule has 3 aromatic rings. The molecule has 1 amide bonds. The molecule has 0 unspecified atom stereocenters. The second-order valence-corrected chi connectivity index (χ2v) is 8.44. The molecule has 142 valence electrons. The van der Waals surface area contributed by atoms with Gasteiger partial charge in [-0.15, -0.1) is 11.3 Å². The van der Waals surface area contributed by atoms with Gasteiger partial charge in [-0.05, 0) is 51.9 Å². The van der Waals surface area contributed by atoms with Crippen molar-refractivity contribution in [2.24, 2.45) is 0 Å². The van der Waals surface area contributed by atoms with Gasteiger partial charge >= 0.3 is 0 Å². The normalized spacial score (nSPS) is 16.3. The predicted molar refractivity (Wildman–Crippen MR) is 109 cm³/mol. The van der Waals surface area contributed by atoms with Crippen molar-refractivity contribution in [3.05, 3.63) is 41.5 Å². The van der Waals surface area contributed by atoms with Gasteiger partial charge in [0.05, 0.1) is 28.0 Å². The van der Waals surface area contributed by atoms with E-state index in [1.54, 1.807) is 6.20 Å². The van der Waals surface area contributed by atoms with Crippen LogP contribution in [0, 0.1) is 0 Å². The zero-order chi connectivity index (χ0) is 18.8. The lowest BCUT2D eigenvalue weighted by atomic mass is 9.97. The Balaban J connectivity index is 1.31. The maximum absolute atomic E-state index is 12.4. The van der Waals surface area contributed by atoms with Crippen LogP contribution in [0.5, 0.6) is 0 Å². The van der Waals surface area contributed by atoms with Gasteiger partial charge in [-0.1, -0.05) is 12.1 Å². The standard InChI is InChI=1S/C20H25N5OS/c1-14(2)25-18(7-10-21-25)23-19(26)13-24-11-8-15(9-12-24)20-22-16-5-3-4-6-17(16)27-20/h3-7,10,14-15H,8-9,11-13H2,1-2H3,(H,23,26).